The van der Waals surface area contributed by atoms with Gasteiger partial charge in [-0.05, 0) is 37.6 Å². The molecule has 10 heteroatoms. The van der Waals surface area contributed by atoms with Crippen LogP contribution in [0.25, 0.3) is 0 Å². The number of nitrogens with zero attached hydrogens (tertiary/aromatic N) is 3. The first kappa shape index (κ1) is 19.4. The number of carbonyl (C=O) groups is 2. The zero-order valence-electron chi connectivity index (χ0n) is 14.9. The summed E-state index contributed by atoms with van der Waals surface area (Å²) in [5, 5.41) is 24.5. The average Bonchev–Trinajstić information content (AvgIpc) is 2.94. The number of hydrogen-bond donors (Lipinski definition) is 2. The number of aromatic hydroxyl groups is 1. The molecule has 0 saturated carbocycles. The van der Waals surface area contributed by atoms with Gasteiger partial charge in [0, 0.05) is 12.1 Å². The number of non-ortho nitro benzene ring substituents is 1. The van der Waals surface area contributed by atoms with Gasteiger partial charge in [-0.15, -0.1) is 5.10 Å². The number of phenols is 1. The first-order chi connectivity index (χ1) is 13.3. The zero-order valence-corrected chi connectivity index (χ0v) is 15.8. The van der Waals surface area contributed by atoms with Gasteiger partial charge in [-0.1, -0.05) is 23.9 Å². The molecule has 28 heavy (non-hydrogen) atoms. The van der Waals surface area contributed by atoms with Crippen molar-refractivity contribution >= 4 is 40.1 Å². The summed E-state index contributed by atoms with van der Waals surface area (Å²) < 4.78 is 0. The highest BCUT2D eigenvalue weighted by Gasteiger charge is 2.37. The zero-order chi connectivity index (χ0) is 20.4. The average molecular weight is 400 g/mol. The number of thioether (sulfide) groups is 1. The van der Waals surface area contributed by atoms with Crippen LogP contribution in [0.1, 0.15) is 22.8 Å². The van der Waals surface area contributed by atoms with Crippen LogP contribution in [0.5, 0.6) is 5.75 Å². The van der Waals surface area contributed by atoms with Gasteiger partial charge in [-0.25, -0.2) is 5.43 Å². The molecule has 1 heterocycles. The van der Waals surface area contributed by atoms with Gasteiger partial charge in [0.05, 0.1) is 21.4 Å². The molecular formula is C18H16N4O5S. The maximum absolute atomic E-state index is 12.6. The van der Waals surface area contributed by atoms with E-state index in [1.165, 1.54) is 35.2 Å². The normalized spacial score (nSPS) is 17.8. The molecule has 144 valence electrons. The van der Waals surface area contributed by atoms with E-state index < -0.39 is 16.1 Å². The van der Waals surface area contributed by atoms with Crippen molar-refractivity contribution in [1.82, 2.24) is 5.43 Å². The van der Waals surface area contributed by atoms with Crippen molar-refractivity contribution in [3.8, 4) is 5.75 Å². The second-order valence-corrected chi connectivity index (χ2v) is 7.32. The van der Waals surface area contributed by atoms with Crippen LogP contribution in [0, 0.1) is 17.0 Å². The number of carbonyl (C=O) groups excluding carboxylic acids is 2. The summed E-state index contributed by atoms with van der Waals surface area (Å²) in [7, 11) is 0. The summed E-state index contributed by atoms with van der Waals surface area (Å²) in [5.41, 5.74) is 3.27. The minimum Gasteiger partial charge on any atom is -0.507 e. The van der Waals surface area contributed by atoms with Gasteiger partial charge in [0.25, 0.3) is 11.6 Å². The minimum atomic E-state index is -0.626. The van der Waals surface area contributed by atoms with E-state index >= 15 is 0 Å². The van der Waals surface area contributed by atoms with Gasteiger partial charge in [0.1, 0.15) is 5.75 Å². The van der Waals surface area contributed by atoms with Crippen molar-refractivity contribution in [3.05, 3.63) is 63.7 Å². The Morgan fingerprint density at radius 1 is 1.32 bits per heavy atom. The Morgan fingerprint density at radius 3 is 2.68 bits per heavy atom. The summed E-state index contributed by atoms with van der Waals surface area (Å²) in [5.74, 6) is -1.07. The molecule has 0 spiro atoms. The third kappa shape index (κ3) is 3.67. The van der Waals surface area contributed by atoms with Crippen molar-refractivity contribution in [2.45, 2.75) is 19.1 Å². The van der Waals surface area contributed by atoms with Crippen molar-refractivity contribution < 1.29 is 19.6 Å². The Balaban J connectivity index is 1.91. The predicted octanol–water partition coefficient (Wildman–Crippen LogP) is 2.78. The number of hydrazone groups is 1. The summed E-state index contributed by atoms with van der Waals surface area (Å²) in [6.07, 6.45) is 0. The number of nitrogens with one attached hydrogen (secondary N) is 1. The molecule has 1 atom stereocenters. The fraction of sp³-hybridized carbons (Fsp3) is 0.167. The number of phenolic OH excluding ortho intramolecular Hbond substituents is 1. The van der Waals surface area contributed by atoms with Gasteiger partial charge in [0.2, 0.25) is 5.91 Å². The molecule has 9 nitrogen and oxygen atoms in total. The second kappa shape index (κ2) is 7.69. The number of hydrogen-bond acceptors (Lipinski definition) is 7. The minimum absolute atomic E-state index is 0.0484. The molecular weight excluding hydrogens is 384 g/mol. The number of rotatable bonds is 4. The molecule has 2 aromatic rings. The van der Waals surface area contributed by atoms with Crippen LogP contribution < -0.4 is 10.3 Å². The molecule has 2 N–H and O–H groups in total. The van der Waals surface area contributed by atoms with E-state index in [2.05, 4.69) is 10.5 Å². The lowest BCUT2D eigenvalue weighted by Gasteiger charge is -2.18. The summed E-state index contributed by atoms with van der Waals surface area (Å²) in [6.45, 7) is 3.36. The molecule has 0 aromatic heterocycles. The van der Waals surface area contributed by atoms with Crippen molar-refractivity contribution in [3.63, 3.8) is 0 Å². The molecule has 0 aliphatic carbocycles. The maximum Gasteiger partial charge on any atom is 0.275 e. The number of nitro benzene ring substituents is 1. The lowest BCUT2D eigenvalue weighted by atomic mass is 10.1. The summed E-state index contributed by atoms with van der Waals surface area (Å²) in [4.78, 5) is 36.6. The predicted molar refractivity (Wildman–Crippen MR) is 105 cm³/mol. The van der Waals surface area contributed by atoms with E-state index in [-0.39, 0.29) is 28.1 Å². The fourth-order valence-electron chi connectivity index (χ4n) is 2.66. The standard InChI is InChI=1S/C18H16N4O5S/c1-10-9-12(22(26)27)7-8-14(10)21-17(25)11(2)28-18(21)20-19-16(24)13-5-3-4-6-15(13)23/h3-9,11,23H,1-2H3,(H,19,24)/b20-18-/t11-/m1/s1. The molecule has 3 rings (SSSR count). The van der Waals surface area contributed by atoms with E-state index in [0.717, 1.165) is 11.8 Å². The van der Waals surface area contributed by atoms with E-state index in [1.807, 2.05) is 0 Å². The Bertz CT molecular complexity index is 1010. The van der Waals surface area contributed by atoms with Gasteiger partial charge in [-0.3, -0.25) is 24.6 Å². The Labute approximate surface area is 164 Å². The Kier molecular flexibility index (Phi) is 5.32. The molecule has 1 saturated heterocycles. The maximum atomic E-state index is 12.6. The van der Waals surface area contributed by atoms with Crippen LogP contribution in [0.2, 0.25) is 0 Å². The van der Waals surface area contributed by atoms with E-state index in [9.17, 15) is 24.8 Å². The van der Waals surface area contributed by atoms with Crippen molar-refractivity contribution in [2.75, 3.05) is 4.90 Å². The summed E-state index contributed by atoms with van der Waals surface area (Å²) in [6, 6.07) is 10.2. The molecule has 0 unspecified atom stereocenters. The fourth-order valence-corrected chi connectivity index (χ4v) is 3.58. The lowest BCUT2D eigenvalue weighted by molar-refractivity contribution is -0.384. The van der Waals surface area contributed by atoms with Crippen LogP contribution in [0.3, 0.4) is 0 Å². The molecule has 1 aliphatic rings. The Hall–Kier alpha value is -3.40. The number of amides is 2. The van der Waals surface area contributed by atoms with E-state index in [1.54, 1.807) is 26.0 Å². The topological polar surface area (TPSA) is 125 Å². The molecule has 1 fully saturated rings. The van der Waals surface area contributed by atoms with Crippen LogP contribution in [0.15, 0.2) is 47.6 Å². The quantitative estimate of drug-likeness (QED) is 0.600. The van der Waals surface area contributed by atoms with Crippen LogP contribution in [-0.4, -0.2) is 32.3 Å². The van der Waals surface area contributed by atoms with Crippen LogP contribution >= 0.6 is 11.8 Å². The highest BCUT2D eigenvalue weighted by atomic mass is 32.2. The number of nitro groups is 1. The number of aryl methyl sites for hydroxylation is 1. The van der Waals surface area contributed by atoms with Crippen LogP contribution in [-0.2, 0) is 4.79 Å². The smallest absolute Gasteiger partial charge is 0.275 e. The highest BCUT2D eigenvalue weighted by Crippen LogP contribution is 2.34. The first-order valence-electron chi connectivity index (χ1n) is 8.21. The van der Waals surface area contributed by atoms with E-state index in [4.69, 9.17) is 0 Å². The largest absolute Gasteiger partial charge is 0.507 e. The molecule has 0 bridgehead atoms. The molecule has 1 aliphatic heterocycles. The third-order valence-electron chi connectivity index (χ3n) is 4.08. The monoisotopic (exact) mass is 400 g/mol. The van der Waals surface area contributed by atoms with E-state index in [0.29, 0.717) is 11.3 Å². The SMILES string of the molecule is Cc1cc([N+](=O)[O-])ccc1N1C(=O)[C@@H](C)S/C1=N\NC(=O)c1ccccc1O. The van der Waals surface area contributed by atoms with Crippen LogP contribution in [0.4, 0.5) is 11.4 Å². The van der Waals surface area contributed by atoms with Gasteiger partial charge in [-0.2, -0.15) is 0 Å². The molecule has 2 amide bonds. The van der Waals surface area contributed by atoms with Crippen molar-refractivity contribution in [2.24, 2.45) is 5.10 Å². The third-order valence-corrected chi connectivity index (χ3v) is 5.12. The highest BCUT2D eigenvalue weighted by molar-refractivity contribution is 8.16. The second-order valence-electron chi connectivity index (χ2n) is 6.01. The number of amidine groups is 1. The Morgan fingerprint density at radius 2 is 2.04 bits per heavy atom. The number of benzene rings is 2. The molecule has 0 radical (unpaired) electrons. The number of para-hydroxylation sites is 1. The van der Waals surface area contributed by atoms with Gasteiger partial charge >= 0.3 is 0 Å². The molecule has 2 aromatic carbocycles. The van der Waals surface area contributed by atoms with Gasteiger partial charge in [0.15, 0.2) is 5.17 Å². The lowest BCUT2D eigenvalue weighted by Crippen LogP contribution is -2.33. The van der Waals surface area contributed by atoms with Gasteiger partial charge < -0.3 is 5.11 Å². The summed E-state index contributed by atoms with van der Waals surface area (Å²) >= 11 is 1.15. The van der Waals surface area contributed by atoms with Crippen molar-refractivity contribution in [1.29, 1.82) is 0 Å². The first-order valence-corrected chi connectivity index (χ1v) is 9.09. The number of anilines is 1.